The molecule has 1 aromatic heterocycles. The predicted molar refractivity (Wildman–Crippen MR) is 75.2 cm³/mol. The summed E-state index contributed by atoms with van der Waals surface area (Å²) in [5.41, 5.74) is 0.481. The minimum absolute atomic E-state index is 0.130. The molecule has 1 heterocycles. The van der Waals surface area contributed by atoms with Gasteiger partial charge in [-0.3, -0.25) is 4.79 Å². The molecule has 0 fully saturated rings. The highest BCUT2D eigenvalue weighted by molar-refractivity contribution is 6.33. The van der Waals surface area contributed by atoms with Crippen LogP contribution in [-0.4, -0.2) is 24.0 Å². The van der Waals surface area contributed by atoms with Crippen molar-refractivity contribution in [3.05, 3.63) is 22.8 Å². The Morgan fingerprint density at radius 2 is 2.17 bits per heavy atom. The van der Waals surface area contributed by atoms with Gasteiger partial charge in [-0.1, -0.05) is 31.9 Å². The zero-order chi connectivity index (χ0) is 13.7. The summed E-state index contributed by atoms with van der Waals surface area (Å²) < 4.78 is 0. The van der Waals surface area contributed by atoms with E-state index in [0.717, 1.165) is 6.42 Å². The number of halogens is 1. The Morgan fingerprint density at radius 3 is 2.67 bits per heavy atom. The number of hydrogen-bond donors (Lipinski definition) is 2. The van der Waals surface area contributed by atoms with Gasteiger partial charge in [0.2, 0.25) is 0 Å². The van der Waals surface area contributed by atoms with Crippen molar-refractivity contribution in [2.24, 2.45) is 5.92 Å². The Morgan fingerprint density at radius 1 is 1.50 bits per heavy atom. The van der Waals surface area contributed by atoms with E-state index in [2.05, 4.69) is 29.5 Å². The molecule has 0 aromatic carbocycles. The Bertz CT molecular complexity index is 423. The van der Waals surface area contributed by atoms with Crippen LogP contribution in [0.1, 0.15) is 37.6 Å². The van der Waals surface area contributed by atoms with Gasteiger partial charge in [-0.05, 0) is 18.9 Å². The molecule has 2 N–H and O–H groups in total. The Labute approximate surface area is 113 Å². The standard InChI is InChI=1S/C13H20ClN3O/c1-5-8(2)9(3)17-13(18)10-6-11(14)12(15-4)16-7-10/h6-9H,5H2,1-4H3,(H,15,16)(H,17,18). The molecule has 100 valence electrons. The lowest BCUT2D eigenvalue weighted by atomic mass is 10.0. The van der Waals surface area contributed by atoms with Crippen LogP contribution in [-0.2, 0) is 0 Å². The van der Waals surface area contributed by atoms with Gasteiger partial charge in [0.05, 0.1) is 10.6 Å². The van der Waals surface area contributed by atoms with E-state index in [0.29, 0.717) is 22.3 Å². The lowest BCUT2D eigenvalue weighted by Crippen LogP contribution is -2.36. The van der Waals surface area contributed by atoms with E-state index in [1.807, 2.05) is 6.92 Å². The molecule has 0 bridgehead atoms. The first-order valence-electron chi connectivity index (χ1n) is 6.13. The minimum atomic E-state index is -0.139. The first-order chi connectivity index (χ1) is 8.49. The number of pyridine rings is 1. The van der Waals surface area contributed by atoms with Gasteiger partial charge in [0.25, 0.3) is 5.91 Å². The average Bonchev–Trinajstić information content (AvgIpc) is 2.37. The first kappa shape index (κ1) is 14.8. The molecule has 5 heteroatoms. The van der Waals surface area contributed by atoms with E-state index in [1.54, 1.807) is 13.1 Å². The molecule has 4 nitrogen and oxygen atoms in total. The average molecular weight is 270 g/mol. The van der Waals surface area contributed by atoms with Crippen molar-refractivity contribution >= 4 is 23.3 Å². The van der Waals surface area contributed by atoms with Gasteiger partial charge in [0.1, 0.15) is 5.82 Å². The fourth-order valence-electron chi connectivity index (χ4n) is 1.53. The number of nitrogens with one attached hydrogen (secondary N) is 2. The molecule has 0 aliphatic heterocycles. The maximum atomic E-state index is 12.0. The lowest BCUT2D eigenvalue weighted by Gasteiger charge is -2.19. The smallest absolute Gasteiger partial charge is 0.253 e. The van der Waals surface area contributed by atoms with Crippen LogP contribution in [0.5, 0.6) is 0 Å². The van der Waals surface area contributed by atoms with Gasteiger partial charge in [-0.15, -0.1) is 0 Å². The number of amides is 1. The fraction of sp³-hybridized carbons (Fsp3) is 0.538. The van der Waals surface area contributed by atoms with Crippen LogP contribution in [0.4, 0.5) is 5.82 Å². The molecule has 2 atom stereocenters. The molecule has 0 aliphatic rings. The third-order valence-corrected chi connectivity index (χ3v) is 3.48. The van der Waals surface area contributed by atoms with Crippen molar-refractivity contribution in [3.8, 4) is 0 Å². The second kappa shape index (κ2) is 6.59. The highest BCUT2D eigenvalue weighted by Crippen LogP contribution is 2.19. The molecule has 0 saturated heterocycles. The zero-order valence-electron chi connectivity index (χ0n) is 11.2. The van der Waals surface area contributed by atoms with Crippen LogP contribution in [0.25, 0.3) is 0 Å². The van der Waals surface area contributed by atoms with Gasteiger partial charge in [0.15, 0.2) is 0 Å². The van der Waals surface area contributed by atoms with Crippen LogP contribution >= 0.6 is 11.6 Å². The molecule has 1 rings (SSSR count). The Hall–Kier alpha value is -1.29. The molecule has 0 spiro atoms. The van der Waals surface area contributed by atoms with E-state index in [4.69, 9.17) is 11.6 Å². The van der Waals surface area contributed by atoms with E-state index in [1.165, 1.54) is 6.20 Å². The van der Waals surface area contributed by atoms with Gasteiger partial charge < -0.3 is 10.6 Å². The third-order valence-electron chi connectivity index (χ3n) is 3.20. The Kier molecular flexibility index (Phi) is 5.41. The summed E-state index contributed by atoms with van der Waals surface area (Å²) in [6.45, 7) is 6.22. The summed E-state index contributed by atoms with van der Waals surface area (Å²) in [6.07, 6.45) is 2.55. The molecule has 2 unspecified atom stereocenters. The SMILES string of the molecule is CCC(C)C(C)NC(=O)c1cnc(NC)c(Cl)c1. The summed E-state index contributed by atoms with van der Waals surface area (Å²) in [5.74, 6) is 0.872. The maximum absolute atomic E-state index is 12.0. The van der Waals surface area contributed by atoms with Crippen LogP contribution in [0, 0.1) is 5.92 Å². The van der Waals surface area contributed by atoms with Gasteiger partial charge >= 0.3 is 0 Å². The summed E-state index contributed by atoms with van der Waals surface area (Å²) >= 11 is 5.99. The fourth-order valence-corrected chi connectivity index (χ4v) is 1.79. The summed E-state index contributed by atoms with van der Waals surface area (Å²) in [5, 5.41) is 6.25. The third kappa shape index (κ3) is 3.60. The normalized spacial score (nSPS) is 13.8. The number of carbonyl (C=O) groups is 1. The zero-order valence-corrected chi connectivity index (χ0v) is 12.0. The topological polar surface area (TPSA) is 54.0 Å². The van der Waals surface area contributed by atoms with E-state index in [9.17, 15) is 4.79 Å². The quantitative estimate of drug-likeness (QED) is 0.864. The molecule has 1 amide bonds. The number of hydrogen-bond acceptors (Lipinski definition) is 3. The van der Waals surface area contributed by atoms with Crippen LogP contribution < -0.4 is 10.6 Å². The number of rotatable bonds is 5. The number of aromatic nitrogens is 1. The minimum Gasteiger partial charge on any atom is -0.372 e. The van der Waals surface area contributed by atoms with Gasteiger partial charge in [-0.25, -0.2) is 4.98 Å². The van der Waals surface area contributed by atoms with Crippen LogP contribution in [0.15, 0.2) is 12.3 Å². The van der Waals surface area contributed by atoms with Gasteiger partial charge in [-0.2, -0.15) is 0 Å². The Balaban J connectivity index is 2.76. The summed E-state index contributed by atoms with van der Waals surface area (Å²) in [4.78, 5) is 16.1. The largest absolute Gasteiger partial charge is 0.372 e. The van der Waals surface area contributed by atoms with E-state index < -0.39 is 0 Å². The van der Waals surface area contributed by atoms with E-state index >= 15 is 0 Å². The number of nitrogens with zero attached hydrogens (tertiary/aromatic N) is 1. The molecule has 0 saturated carbocycles. The predicted octanol–water partition coefficient (Wildman–Crippen LogP) is 2.94. The van der Waals surface area contributed by atoms with Crippen molar-refractivity contribution in [2.75, 3.05) is 12.4 Å². The summed E-state index contributed by atoms with van der Waals surface area (Å²) in [7, 11) is 1.74. The highest BCUT2D eigenvalue weighted by Gasteiger charge is 2.15. The molecule has 18 heavy (non-hydrogen) atoms. The van der Waals surface area contributed by atoms with Crippen molar-refractivity contribution in [1.82, 2.24) is 10.3 Å². The number of carbonyl (C=O) groups excluding carboxylic acids is 1. The monoisotopic (exact) mass is 269 g/mol. The second-order valence-corrected chi connectivity index (χ2v) is 4.86. The molecule has 1 aromatic rings. The second-order valence-electron chi connectivity index (χ2n) is 4.45. The van der Waals surface area contributed by atoms with E-state index in [-0.39, 0.29) is 11.9 Å². The molecule has 0 radical (unpaired) electrons. The highest BCUT2D eigenvalue weighted by atomic mass is 35.5. The summed E-state index contributed by atoms with van der Waals surface area (Å²) in [6, 6.07) is 1.75. The number of anilines is 1. The lowest BCUT2D eigenvalue weighted by molar-refractivity contribution is 0.0928. The van der Waals surface area contributed by atoms with Crippen molar-refractivity contribution in [2.45, 2.75) is 33.2 Å². The van der Waals surface area contributed by atoms with Crippen molar-refractivity contribution in [1.29, 1.82) is 0 Å². The van der Waals surface area contributed by atoms with Crippen LogP contribution in [0.3, 0.4) is 0 Å². The van der Waals surface area contributed by atoms with Crippen molar-refractivity contribution < 1.29 is 4.79 Å². The molecule has 0 aliphatic carbocycles. The maximum Gasteiger partial charge on any atom is 0.253 e. The van der Waals surface area contributed by atoms with Crippen LogP contribution in [0.2, 0.25) is 5.02 Å². The van der Waals surface area contributed by atoms with Crippen molar-refractivity contribution in [3.63, 3.8) is 0 Å². The van der Waals surface area contributed by atoms with Gasteiger partial charge in [0, 0.05) is 19.3 Å². The first-order valence-corrected chi connectivity index (χ1v) is 6.51. The molecular weight excluding hydrogens is 250 g/mol. The molecular formula is C13H20ClN3O.